The maximum absolute atomic E-state index is 12.3. The normalized spacial score (nSPS) is 11.0. The fourth-order valence-corrected chi connectivity index (χ4v) is 2.58. The highest BCUT2D eigenvalue weighted by molar-refractivity contribution is 6.02. The molecule has 2 aromatic carbocycles. The highest BCUT2D eigenvalue weighted by atomic mass is 16.2. The molecule has 2 N–H and O–H groups in total. The molecule has 0 aliphatic heterocycles. The third-order valence-electron chi connectivity index (χ3n) is 3.70. The van der Waals surface area contributed by atoms with Gasteiger partial charge in [0.2, 0.25) is 11.8 Å². The summed E-state index contributed by atoms with van der Waals surface area (Å²) in [5, 5.41) is 7.88. The Hall–Kier alpha value is -2.40. The van der Waals surface area contributed by atoms with Gasteiger partial charge in [-0.15, -0.1) is 0 Å². The lowest BCUT2D eigenvalue weighted by atomic mass is 10.1. The van der Waals surface area contributed by atoms with Crippen LogP contribution in [-0.2, 0) is 9.59 Å². The van der Waals surface area contributed by atoms with Gasteiger partial charge < -0.3 is 10.6 Å². The largest absolute Gasteiger partial charge is 0.353 e. The second kappa shape index (κ2) is 8.45. The van der Waals surface area contributed by atoms with Crippen molar-refractivity contribution in [3.8, 4) is 0 Å². The molecule has 0 heterocycles. The van der Waals surface area contributed by atoms with Gasteiger partial charge in [-0.25, -0.2) is 0 Å². The lowest BCUT2D eigenvalue weighted by molar-refractivity contribution is -0.123. The highest BCUT2D eigenvalue weighted by Crippen LogP contribution is 2.22. The summed E-state index contributed by atoms with van der Waals surface area (Å²) >= 11 is 0. The number of carbonyl (C=O) groups excluding carboxylic acids is 2. The number of nitrogens with zero attached hydrogens (tertiary/aromatic N) is 1. The van der Waals surface area contributed by atoms with E-state index >= 15 is 0 Å². The summed E-state index contributed by atoms with van der Waals surface area (Å²) in [5.41, 5.74) is 0.792. The van der Waals surface area contributed by atoms with E-state index in [0.29, 0.717) is 6.54 Å². The summed E-state index contributed by atoms with van der Waals surface area (Å²) in [4.78, 5) is 26.0. The van der Waals surface area contributed by atoms with Gasteiger partial charge in [-0.1, -0.05) is 43.3 Å². The number of hydrogen-bond donors (Lipinski definition) is 2. The quantitative estimate of drug-likeness (QED) is 0.822. The molecule has 0 saturated carbocycles. The predicted octanol–water partition coefficient (Wildman–Crippen LogP) is 2.62. The smallest absolute Gasteiger partial charge is 0.238 e. The SMILES string of the molecule is CCN(CC(=O)Nc1cccc2ccccc12)CC(=O)NC(C)C. The number of amides is 2. The van der Waals surface area contributed by atoms with Crippen LogP contribution >= 0.6 is 0 Å². The number of likely N-dealkylation sites (N-methyl/N-ethyl adjacent to an activating group) is 1. The molecule has 0 bridgehead atoms. The summed E-state index contributed by atoms with van der Waals surface area (Å²) in [7, 11) is 0. The van der Waals surface area contributed by atoms with Gasteiger partial charge >= 0.3 is 0 Å². The van der Waals surface area contributed by atoms with E-state index in [2.05, 4.69) is 10.6 Å². The zero-order valence-electron chi connectivity index (χ0n) is 14.5. The topological polar surface area (TPSA) is 61.4 Å². The molecule has 0 atom stereocenters. The molecule has 0 unspecified atom stereocenters. The summed E-state index contributed by atoms with van der Waals surface area (Å²) in [6.45, 7) is 6.81. The molecule has 2 amide bonds. The van der Waals surface area contributed by atoms with Crippen LogP contribution in [0.15, 0.2) is 42.5 Å². The van der Waals surface area contributed by atoms with Crippen LogP contribution in [0.4, 0.5) is 5.69 Å². The number of hydrogen-bond acceptors (Lipinski definition) is 3. The van der Waals surface area contributed by atoms with E-state index in [0.717, 1.165) is 16.5 Å². The maximum Gasteiger partial charge on any atom is 0.238 e. The molecule has 2 aromatic rings. The molecule has 24 heavy (non-hydrogen) atoms. The zero-order chi connectivity index (χ0) is 17.5. The lowest BCUT2D eigenvalue weighted by Gasteiger charge is -2.20. The molecule has 2 rings (SSSR count). The van der Waals surface area contributed by atoms with E-state index in [9.17, 15) is 9.59 Å². The van der Waals surface area contributed by atoms with Gasteiger partial charge in [0, 0.05) is 17.1 Å². The van der Waals surface area contributed by atoms with Crippen LogP contribution in [0.3, 0.4) is 0 Å². The number of benzene rings is 2. The standard InChI is InChI=1S/C19H25N3O2/c1-4-22(12-18(23)20-14(2)3)13-19(24)21-17-11-7-9-15-8-5-6-10-16(15)17/h5-11,14H,4,12-13H2,1-3H3,(H,20,23)(H,21,24). The van der Waals surface area contributed by atoms with E-state index < -0.39 is 0 Å². The van der Waals surface area contributed by atoms with Crippen LogP contribution in [0.5, 0.6) is 0 Å². The van der Waals surface area contributed by atoms with E-state index in [4.69, 9.17) is 0 Å². The molecule has 0 aliphatic rings. The van der Waals surface area contributed by atoms with Crippen LogP contribution in [0, 0.1) is 0 Å². The van der Waals surface area contributed by atoms with Crippen LogP contribution in [0.1, 0.15) is 20.8 Å². The maximum atomic E-state index is 12.3. The Labute approximate surface area is 143 Å². The van der Waals surface area contributed by atoms with E-state index in [1.807, 2.05) is 68.1 Å². The van der Waals surface area contributed by atoms with Crippen molar-refractivity contribution in [2.45, 2.75) is 26.8 Å². The van der Waals surface area contributed by atoms with Gasteiger partial charge in [0.25, 0.3) is 0 Å². The van der Waals surface area contributed by atoms with Crippen molar-refractivity contribution >= 4 is 28.3 Å². The van der Waals surface area contributed by atoms with E-state index in [1.54, 1.807) is 0 Å². The first-order chi connectivity index (χ1) is 11.5. The molecular formula is C19H25N3O2. The number of anilines is 1. The first-order valence-corrected chi connectivity index (χ1v) is 8.29. The Balaban J connectivity index is 1.99. The van der Waals surface area contributed by atoms with Crippen LogP contribution in [-0.4, -0.2) is 42.4 Å². The van der Waals surface area contributed by atoms with Crippen molar-refractivity contribution in [3.05, 3.63) is 42.5 Å². The number of carbonyl (C=O) groups is 2. The Kier molecular flexibility index (Phi) is 6.32. The summed E-state index contributed by atoms with van der Waals surface area (Å²) in [5.74, 6) is -0.185. The van der Waals surface area contributed by atoms with Gasteiger partial charge in [0.1, 0.15) is 0 Å². The average Bonchev–Trinajstić information content (AvgIpc) is 2.53. The Morgan fingerprint density at radius 2 is 1.67 bits per heavy atom. The Morgan fingerprint density at radius 3 is 2.38 bits per heavy atom. The second-order valence-electron chi connectivity index (χ2n) is 6.10. The van der Waals surface area contributed by atoms with Crippen molar-refractivity contribution in [3.63, 3.8) is 0 Å². The molecule has 0 fully saturated rings. The monoisotopic (exact) mass is 327 g/mol. The fraction of sp³-hybridized carbons (Fsp3) is 0.368. The Morgan fingerprint density at radius 1 is 1.00 bits per heavy atom. The van der Waals surface area contributed by atoms with Gasteiger partial charge in [-0.2, -0.15) is 0 Å². The lowest BCUT2D eigenvalue weighted by Crippen LogP contribution is -2.42. The predicted molar refractivity (Wildman–Crippen MR) is 98.0 cm³/mol. The molecule has 128 valence electrons. The molecule has 0 saturated heterocycles. The molecule has 0 aromatic heterocycles. The number of fused-ring (bicyclic) bond motifs is 1. The number of nitrogens with one attached hydrogen (secondary N) is 2. The van der Waals surface area contributed by atoms with E-state index in [-0.39, 0.29) is 30.9 Å². The number of rotatable bonds is 7. The third-order valence-corrected chi connectivity index (χ3v) is 3.70. The first kappa shape index (κ1) is 17.9. The third kappa shape index (κ3) is 5.06. The molecule has 0 aliphatic carbocycles. The second-order valence-corrected chi connectivity index (χ2v) is 6.10. The van der Waals surface area contributed by atoms with Crippen molar-refractivity contribution < 1.29 is 9.59 Å². The van der Waals surface area contributed by atoms with Crippen LogP contribution in [0.25, 0.3) is 10.8 Å². The molecule has 5 nitrogen and oxygen atoms in total. The van der Waals surface area contributed by atoms with Gasteiger partial charge in [0.05, 0.1) is 13.1 Å². The van der Waals surface area contributed by atoms with Crippen molar-refractivity contribution in [1.82, 2.24) is 10.2 Å². The summed E-state index contributed by atoms with van der Waals surface area (Å²) in [6, 6.07) is 13.8. The van der Waals surface area contributed by atoms with Crippen molar-refractivity contribution in [2.75, 3.05) is 25.0 Å². The molecule has 0 radical (unpaired) electrons. The van der Waals surface area contributed by atoms with Gasteiger partial charge in [0.15, 0.2) is 0 Å². The Bertz CT molecular complexity index is 707. The van der Waals surface area contributed by atoms with Gasteiger partial charge in [-0.3, -0.25) is 14.5 Å². The minimum absolute atomic E-state index is 0.0650. The fourth-order valence-electron chi connectivity index (χ4n) is 2.58. The average molecular weight is 327 g/mol. The minimum Gasteiger partial charge on any atom is -0.353 e. The molecular weight excluding hydrogens is 302 g/mol. The minimum atomic E-state index is -0.120. The van der Waals surface area contributed by atoms with Crippen LogP contribution < -0.4 is 10.6 Å². The summed E-state index contributed by atoms with van der Waals surface area (Å²) in [6.07, 6.45) is 0. The van der Waals surface area contributed by atoms with Crippen molar-refractivity contribution in [1.29, 1.82) is 0 Å². The first-order valence-electron chi connectivity index (χ1n) is 8.29. The molecule has 5 heteroatoms. The highest BCUT2D eigenvalue weighted by Gasteiger charge is 2.14. The molecule has 0 spiro atoms. The van der Waals surface area contributed by atoms with E-state index in [1.165, 1.54) is 0 Å². The zero-order valence-corrected chi connectivity index (χ0v) is 14.5. The summed E-state index contributed by atoms with van der Waals surface area (Å²) < 4.78 is 0. The van der Waals surface area contributed by atoms with Crippen molar-refractivity contribution in [2.24, 2.45) is 0 Å². The van der Waals surface area contributed by atoms with Gasteiger partial charge in [-0.05, 0) is 31.8 Å². The van der Waals surface area contributed by atoms with Crippen LogP contribution in [0.2, 0.25) is 0 Å².